The Balaban J connectivity index is 2.20. The zero-order valence-corrected chi connectivity index (χ0v) is 13.0. The molecule has 2 N–H and O–H groups in total. The molecule has 4 nitrogen and oxygen atoms in total. The van der Waals surface area contributed by atoms with Crippen molar-refractivity contribution in [3.8, 4) is 0 Å². The second kappa shape index (κ2) is 9.40. The van der Waals surface area contributed by atoms with Gasteiger partial charge in [-0.3, -0.25) is 9.59 Å². The summed E-state index contributed by atoms with van der Waals surface area (Å²) in [5.41, 5.74) is 0.904. The molecule has 0 spiro atoms. The van der Waals surface area contributed by atoms with E-state index in [9.17, 15) is 9.59 Å². The van der Waals surface area contributed by atoms with Crippen LogP contribution in [0.25, 0.3) is 0 Å². The lowest BCUT2D eigenvalue weighted by molar-refractivity contribution is -0.137. The molecule has 0 saturated heterocycles. The van der Waals surface area contributed by atoms with Crippen molar-refractivity contribution in [2.75, 3.05) is 6.54 Å². The van der Waals surface area contributed by atoms with E-state index < -0.39 is 5.97 Å². The molecule has 0 radical (unpaired) electrons. The van der Waals surface area contributed by atoms with E-state index in [2.05, 4.69) is 5.32 Å². The molecular formula is C16H22ClNO3. The summed E-state index contributed by atoms with van der Waals surface area (Å²) in [6.07, 6.45) is 3.60. The van der Waals surface area contributed by atoms with Crippen molar-refractivity contribution >= 4 is 23.5 Å². The van der Waals surface area contributed by atoms with Gasteiger partial charge in [-0.25, -0.2) is 0 Å². The fourth-order valence-corrected chi connectivity index (χ4v) is 2.25. The SMILES string of the molecule is CC(C(=O)NCCCCCCC(=O)O)c1cccc(Cl)c1. The minimum absolute atomic E-state index is 0.0113. The number of carbonyl (C=O) groups is 2. The Hall–Kier alpha value is -1.55. The molecule has 0 aliphatic heterocycles. The van der Waals surface area contributed by atoms with E-state index in [0.717, 1.165) is 24.8 Å². The van der Waals surface area contributed by atoms with Crippen LogP contribution in [0.3, 0.4) is 0 Å². The molecule has 116 valence electrons. The molecule has 21 heavy (non-hydrogen) atoms. The maximum Gasteiger partial charge on any atom is 0.303 e. The van der Waals surface area contributed by atoms with Gasteiger partial charge in [0.25, 0.3) is 0 Å². The van der Waals surface area contributed by atoms with Gasteiger partial charge in [0.15, 0.2) is 0 Å². The smallest absolute Gasteiger partial charge is 0.303 e. The van der Waals surface area contributed by atoms with Gasteiger partial charge in [0, 0.05) is 18.0 Å². The molecule has 0 aromatic heterocycles. The van der Waals surface area contributed by atoms with E-state index in [0.29, 0.717) is 18.0 Å². The van der Waals surface area contributed by atoms with Gasteiger partial charge < -0.3 is 10.4 Å². The van der Waals surface area contributed by atoms with Gasteiger partial charge in [0.05, 0.1) is 5.92 Å². The van der Waals surface area contributed by atoms with Crippen molar-refractivity contribution in [1.29, 1.82) is 0 Å². The average Bonchev–Trinajstić information content (AvgIpc) is 2.45. The van der Waals surface area contributed by atoms with Crippen LogP contribution in [0.15, 0.2) is 24.3 Å². The molecular weight excluding hydrogens is 290 g/mol. The Morgan fingerprint density at radius 1 is 1.24 bits per heavy atom. The molecule has 1 rings (SSSR count). The zero-order valence-electron chi connectivity index (χ0n) is 12.3. The first-order valence-corrected chi connectivity index (χ1v) is 7.63. The highest BCUT2D eigenvalue weighted by atomic mass is 35.5. The minimum Gasteiger partial charge on any atom is -0.481 e. The summed E-state index contributed by atoms with van der Waals surface area (Å²) in [5.74, 6) is -0.989. The molecule has 0 bridgehead atoms. The Bertz CT molecular complexity index is 476. The van der Waals surface area contributed by atoms with Crippen molar-refractivity contribution in [3.05, 3.63) is 34.9 Å². The van der Waals surface area contributed by atoms with Crippen molar-refractivity contribution in [3.63, 3.8) is 0 Å². The zero-order chi connectivity index (χ0) is 15.7. The van der Waals surface area contributed by atoms with Crippen molar-refractivity contribution in [1.82, 2.24) is 5.32 Å². The second-order valence-electron chi connectivity index (χ2n) is 5.13. The molecule has 1 aromatic rings. The van der Waals surface area contributed by atoms with Crippen molar-refractivity contribution in [2.45, 2.75) is 44.9 Å². The van der Waals surface area contributed by atoms with Crippen LogP contribution < -0.4 is 5.32 Å². The fraction of sp³-hybridized carbons (Fsp3) is 0.500. The average molecular weight is 312 g/mol. The summed E-state index contributed by atoms with van der Waals surface area (Å²) >= 11 is 5.92. The number of unbranched alkanes of at least 4 members (excludes halogenated alkanes) is 3. The number of rotatable bonds is 9. The number of carbonyl (C=O) groups excluding carboxylic acids is 1. The first-order valence-electron chi connectivity index (χ1n) is 7.25. The van der Waals surface area contributed by atoms with E-state index in [1.54, 1.807) is 12.1 Å². The van der Waals surface area contributed by atoms with Crippen LogP contribution in [-0.2, 0) is 9.59 Å². The molecule has 5 heteroatoms. The van der Waals surface area contributed by atoms with Gasteiger partial charge in [-0.15, -0.1) is 0 Å². The predicted molar refractivity (Wildman–Crippen MR) is 83.6 cm³/mol. The number of carboxylic acid groups (broad SMARTS) is 1. The van der Waals surface area contributed by atoms with Crippen LogP contribution in [0.2, 0.25) is 5.02 Å². The van der Waals surface area contributed by atoms with Crippen LogP contribution in [0.5, 0.6) is 0 Å². The van der Waals surface area contributed by atoms with Gasteiger partial charge in [-0.1, -0.05) is 36.6 Å². The fourth-order valence-electron chi connectivity index (χ4n) is 2.05. The summed E-state index contributed by atoms with van der Waals surface area (Å²) in [5, 5.41) is 12.0. The van der Waals surface area contributed by atoms with E-state index in [-0.39, 0.29) is 18.2 Å². The summed E-state index contributed by atoms with van der Waals surface area (Å²) in [6.45, 7) is 2.48. The molecule has 1 atom stereocenters. The highest BCUT2D eigenvalue weighted by molar-refractivity contribution is 6.30. The van der Waals surface area contributed by atoms with Gasteiger partial charge in [0.1, 0.15) is 0 Å². The van der Waals surface area contributed by atoms with Gasteiger partial charge in [-0.2, -0.15) is 0 Å². The largest absolute Gasteiger partial charge is 0.481 e. The quantitative estimate of drug-likeness (QED) is 0.685. The highest BCUT2D eigenvalue weighted by Crippen LogP contribution is 2.19. The van der Waals surface area contributed by atoms with Gasteiger partial charge in [-0.05, 0) is 37.5 Å². The third-order valence-corrected chi connectivity index (χ3v) is 3.59. The topological polar surface area (TPSA) is 66.4 Å². The number of amides is 1. The Morgan fingerprint density at radius 3 is 2.62 bits per heavy atom. The lowest BCUT2D eigenvalue weighted by atomic mass is 10.0. The first-order chi connectivity index (χ1) is 10.0. The van der Waals surface area contributed by atoms with E-state index in [1.807, 2.05) is 19.1 Å². The Kier molecular flexibility index (Phi) is 7.83. The minimum atomic E-state index is -0.751. The van der Waals surface area contributed by atoms with Crippen LogP contribution >= 0.6 is 11.6 Å². The monoisotopic (exact) mass is 311 g/mol. The number of halogens is 1. The van der Waals surface area contributed by atoms with Crippen LogP contribution in [0.4, 0.5) is 0 Å². The third-order valence-electron chi connectivity index (χ3n) is 3.36. The van der Waals surface area contributed by atoms with Crippen LogP contribution in [0.1, 0.15) is 50.5 Å². The molecule has 1 amide bonds. The van der Waals surface area contributed by atoms with E-state index in [4.69, 9.17) is 16.7 Å². The molecule has 1 unspecified atom stereocenters. The molecule has 0 aliphatic carbocycles. The summed E-state index contributed by atoms with van der Waals surface area (Å²) in [4.78, 5) is 22.3. The number of hydrogen-bond donors (Lipinski definition) is 2. The first kappa shape index (κ1) is 17.5. The van der Waals surface area contributed by atoms with Crippen molar-refractivity contribution < 1.29 is 14.7 Å². The Labute approximate surface area is 130 Å². The third kappa shape index (κ3) is 7.14. The maximum atomic E-state index is 12.0. The van der Waals surface area contributed by atoms with Crippen molar-refractivity contribution in [2.24, 2.45) is 0 Å². The van der Waals surface area contributed by atoms with Gasteiger partial charge in [0.2, 0.25) is 5.91 Å². The molecule has 0 heterocycles. The number of hydrogen-bond acceptors (Lipinski definition) is 2. The molecule has 0 aliphatic rings. The second-order valence-corrected chi connectivity index (χ2v) is 5.56. The van der Waals surface area contributed by atoms with E-state index in [1.165, 1.54) is 0 Å². The number of benzene rings is 1. The van der Waals surface area contributed by atoms with Crippen LogP contribution in [0, 0.1) is 0 Å². The van der Waals surface area contributed by atoms with E-state index >= 15 is 0 Å². The number of nitrogens with one attached hydrogen (secondary N) is 1. The molecule has 0 fully saturated rings. The van der Waals surface area contributed by atoms with Gasteiger partial charge >= 0.3 is 5.97 Å². The highest BCUT2D eigenvalue weighted by Gasteiger charge is 2.14. The summed E-state index contributed by atoms with van der Waals surface area (Å²) in [6, 6.07) is 7.32. The normalized spacial score (nSPS) is 11.9. The molecule has 1 aromatic carbocycles. The standard InChI is InChI=1S/C16H22ClNO3/c1-12(13-7-6-8-14(17)11-13)16(21)18-10-5-3-2-4-9-15(19)20/h6-8,11-12H,2-5,9-10H2,1H3,(H,18,21)(H,19,20). The van der Waals surface area contributed by atoms with Crippen LogP contribution in [-0.4, -0.2) is 23.5 Å². The predicted octanol–water partition coefficient (Wildman–Crippen LogP) is 3.59. The number of aliphatic carboxylic acids is 1. The molecule has 0 saturated carbocycles. The maximum absolute atomic E-state index is 12.0. The summed E-state index contributed by atoms with van der Waals surface area (Å²) < 4.78 is 0. The number of carboxylic acids is 1. The lowest BCUT2D eigenvalue weighted by Gasteiger charge is -2.12. The lowest BCUT2D eigenvalue weighted by Crippen LogP contribution is -2.28. The Morgan fingerprint density at radius 2 is 1.95 bits per heavy atom. The summed E-state index contributed by atoms with van der Waals surface area (Å²) in [7, 11) is 0.